The van der Waals surface area contributed by atoms with Crippen molar-refractivity contribution in [3.63, 3.8) is 0 Å². The van der Waals surface area contributed by atoms with E-state index in [4.69, 9.17) is 21.1 Å². The van der Waals surface area contributed by atoms with Crippen molar-refractivity contribution in [2.24, 2.45) is 0 Å². The standard InChI is InChI=1S/C21H14ClF2NO6S/c22-15-7-12-9-19(20(15)26)32(28,29)25-17-8-11(1-4-16(17)24)14-3-2-13(23)10-18(14)30-5-6-31-21(12)27/h1-4,7-10,25-26H,5-6H2. The summed E-state index contributed by atoms with van der Waals surface area (Å²) in [7, 11) is -4.58. The number of sulfonamides is 1. The van der Waals surface area contributed by atoms with Gasteiger partial charge in [-0.2, -0.15) is 0 Å². The second-order valence-corrected chi connectivity index (χ2v) is 8.79. The number of rotatable bonds is 0. The molecule has 3 aromatic carbocycles. The zero-order chi connectivity index (χ0) is 23.0. The summed E-state index contributed by atoms with van der Waals surface area (Å²) in [6.07, 6.45) is 0. The molecule has 0 fully saturated rings. The SMILES string of the molecule is O=C1OCCOc2cc(F)ccc2-c2ccc(F)c(c2)NS(=O)(=O)c2cc1cc(Cl)c2O. The molecule has 7 nitrogen and oxygen atoms in total. The molecule has 0 atom stereocenters. The maximum Gasteiger partial charge on any atom is 0.338 e. The van der Waals surface area contributed by atoms with Gasteiger partial charge in [-0.15, -0.1) is 0 Å². The number of phenolic OH excluding ortho intramolecular Hbond substituents is 1. The lowest BCUT2D eigenvalue weighted by molar-refractivity contribution is 0.0450. The van der Waals surface area contributed by atoms with E-state index in [-0.39, 0.29) is 24.5 Å². The smallest absolute Gasteiger partial charge is 0.338 e. The van der Waals surface area contributed by atoms with E-state index < -0.39 is 49.0 Å². The van der Waals surface area contributed by atoms with Crippen LogP contribution >= 0.6 is 11.6 Å². The van der Waals surface area contributed by atoms with Crippen LogP contribution in [0.15, 0.2) is 53.4 Å². The fourth-order valence-electron chi connectivity index (χ4n) is 3.09. The summed E-state index contributed by atoms with van der Waals surface area (Å²) in [6, 6.07) is 9.11. The summed E-state index contributed by atoms with van der Waals surface area (Å²) in [5.41, 5.74) is -0.0404. The third-order valence-corrected chi connectivity index (χ3v) is 6.26. The number of esters is 1. The van der Waals surface area contributed by atoms with Gasteiger partial charge in [0.25, 0.3) is 10.0 Å². The van der Waals surface area contributed by atoms with Crippen LogP contribution in [0, 0.1) is 11.6 Å². The van der Waals surface area contributed by atoms with E-state index >= 15 is 0 Å². The average Bonchev–Trinajstić information content (AvgIpc) is 2.74. The number of anilines is 1. The first-order valence-electron chi connectivity index (χ1n) is 9.10. The summed E-state index contributed by atoms with van der Waals surface area (Å²) in [5.74, 6) is -3.18. The molecule has 0 saturated heterocycles. The number of hydrogen-bond acceptors (Lipinski definition) is 6. The predicted molar refractivity (Wildman–Crippen MR) is 111 cm³/mol. The van der Waals surface area contributed by atoms with Gasteiger partial charge in [-0.1, -0.05) is 17.7 Å². The van der Waals surface area contributed by atoms with Crippen molar-refractivity contribution in [2.75, 3.05) is 17.9 Å². The van der Waals surface area contributed by atoms with Gasteiger partial charge in [0.05, 0.1) is 16.3 Å². The van der Waals surface area contributed by atoms with Gasteiger partial charge in [-0.05, 0) is 42.0 Å². The number of benzene rings is 3. The Morgan fingerprint density at radius 1 is 0.969 bits per heavy atom. The number of fused-ring (bicyclic) bond motifs is 6. The normalized spacial score (nSPS) is 15.3. The van der Waals surface area contributed by atoms with E-state index in [0.717, 1.165) is 30.3 Å². The van der Waals surface area contributed by atoms with Crippen molar-refractivity contribution in [3.8, 4) is 22.6 Å². The van der Waals surface area contributed by atoms with E-state index in [1.165, 1.54) is 18.2 Å². The van der Waals surface area contributed by atoms with Crippen molar-refractivity contribution in [1.29, 1.82) is 0 Å². The molecule has 0 spiro atoms. The van der Waals surface area contributed by atoms with Crippen LogP contribution in [0.4, 0.5) is 14.5 Å². The Bertz CT molecular complexity index is 1350. The van der Waals surface area contributed by atoms with Crippen LogP contribution in [-0.4, -0.2) is 32.7 Å². The molecule has 0 radical (unpaired) electrons. The van der Waals surface area contributed by atoms with Crippen molar-refractivity contribution >= 4 is 33.3 Å². The molecule has 4 bridgehead atoms. The fourth-order valence-corrected chi connectivity index (χ4v) is 4.57. The first kappa shape index (κ1) is 21.8. The van der Waals surface area contributed by atoms with Gasteiger partial charge in [0, 0.05) is 11.6 Å². The summed E-state index contributed by atoms with van der Waals surface area (Å²) < 4.78 is 66.7. The quantitative estimate of drug-likeness (QED) is 0.463. The second kappa shape index (κ2) is 8.29. The highest BCUT2D eigenvalue weighted by Gasteiger charge is 2.26. The Balaban J connectivity index is 1.91. The van der Waals surface area contributed by atoms with Crippen LogP contribution in [-0.2, 0) is 14.8 Å². The van der Waals surface area contributed by atoms with Crippen molar-refractivity contribution in [2.45, 2.75) is 4.90 Å². The molecule has 11 heteroatoms. The number of aromatic hydroxyl groups is 1. The summed E-state index contributed by atoms with van der Waals surface area (Å²) in [5, 5.41) is 9.76. The molecular weight excluding hydrogens is 468 g/mol. The highest BCUT2D eigenvalue weighted by atomic mass is 35.5. The Morgan fingerprint density at radius 2 is 1.72 bits per heavy atom. The van der Waals surface area contributed by atoms with Crippen LogP contribution in [0.3, 0.4) is 0 Å². The number of carbonyl (C=O) groups is 1. The van der Waals surface area contributed by atoms with E-state index in [0.29, 0.717) is 11.1 Å². The summed E-state index contributed by atoms with van der Waals surface area (Å²) in [4.78, 5) is 11.6. The molecule has 32 heavy (non-hydrogen) atoms. The number of halogens is 3. The van der Waals surface area contributed by atoms with E-state index in [1.54, 1.807) is 0 Å². The molecule has 0 amide bonds. The second-order valence-electron chi connectivity index (χ2n) is 6.73. The van der Waals surface area contributed by atoms with Gasteiger partial charge in [0.2, 0.25) is 0 Å². The van der Waals surface area contributed by atoms with Crippen molar-refractivity contribution in [3.05, 3.63) is 70.8 Å². The van der Waals surface area contributed by atoms with Gasteiger partial charge in [-0.25, -0.2) is 22.0 Å². The number of ether oxygens (including phenoxy) is 2. The highest BCUT2D eigenvalue weighted by molar-refractivity contribution is 7.92. The van der Waals surface area contributed by atoms with Gasteiger partial charge < -0.3 is 14.6 Å². The molecule has 3 aromatic rings. The number of hydrogen-bond donors (Lipinski definition) is 2. The molecular formula is C21H14ClF2NO6S. The molecule has 0 aliphatic carbocycles. The molecule has 4 rings (SSSR count). The largest absolute Gasteiger partial charge is 0.505 e. The lowest BCUT2D eigenvalue weighted by Gasteiger charge is -2.14. The Hall–Kier alpha value is -3.37. The van der Waals surface area contributed by atoms with Gasteiger partial charge in [0.15, 0.2) is 5.75 Å². The Morgan fingerprint density at radius 3 is 2.50 bits per heavy atom. The topological polar surface area (TPSA) is 102 Å². The number of carbonyl (C=O) groups excluding carboxylic acids is 1. The lowest BCUT2D eigenvalue weighted by Crippen LogP contribution is -2.16. The third kappa shape index (κ3) is 4.19. The molecule has 1 aliphatic rings. The molecule has 166 valence electrons. The van der Waals surface area contributed by atoms with Crippen LogP contribution in [0.5, 0.6) is 11.5 Å². The minimum absolute atomic E-state index is 0.0811. The zero-order valence-corrected chi connectivity index (χ0v) is 17.6. The first-order valence-corrected chi connectivity index (χ1v) is 11.0. The molecule has 2 N–H and O–H groups in total. The molecule has 0 unspecified atom stereocenters. The molecule has 1 heterocycles. The van der Waals surface area contributed by atoms with Crippen LogP contribution in [0.1, 0.15) is 10.4 Å². The summed E-state index contributed by atoms with van der Waals surface area (Å²) >= 11 is 5.89. The average molecular weight is 482 g/mol. The minimum atomic E-state index is -4.58. The first-order chi connectivity index (χ1) is 15.2. The zero-order valence-electron chi connectivity index (χ0n) is 16.1. The van der Waals surface area contributed by atoms with Gasteiger partial charge in [0.1, 0.15) is 35.5 Å². The monoisotopic (exact) mass is 481 g/mol. The third-order valence-electron chi connectivity index (χ3n) is 4.59. The van der Waals surface area contributed by atoms with Crippen molar-refractivity contribution in [1.82, 2.24) is 0 Å². The van der Waals surface area contributed by atoms with Crippen molar-refractivity contribution < 1.29 is 36.6 Å². The molecule has 0 aromatic heterocycles. The number of phenols is 1. The molecule has 1 aliphatic heterocycles. The lowest BCUT2D eigenvalue weighted by atomic mass is 10.0. The van der Waals surface area contributed by atoms with E-state index in [9.17, 15) is 27.1 Å². The Labute approximate surface area is 186 Å². The Kier molecular flexibility index (Phi) is 5.66. The van der Waals surface area contributed by atoms with Crippen LogP contribution in [0.25, 0.3) is 11.1 Å². The maximum atomic E-state index is 14.5. The summed E-state index contributed by atoms with van der Waals surface area (Å²) in [6.45, 7) is -0.395. The highest BCUT2D eigenvalue weighted by Crippen LogP contribution is 2.36. The van der Waals surface area contributed by atoms with Crippen LogP contribution in [0.2, 0.25) is 5.02 Å². The minimum Gasteiger partial charge on any atom is -0.505 e. The molecule has 0 saturated carbocycles. The van der Waals surface area contributed by atoms with Crippen LogP contribution < -0.4 is 9.46 Å². The van der Waals surface area contributed by atoms with Gasteiger partial charge >= 0.3 is 5.97 Å². The number of nitrogens with one attached hydrogen (secondary N) is 1. The fraction of sp³-hybridized carbons (Fsp3) is 0.0952. The van der Waals surface area contributed by atoms with E-state index in [1.807, 2.05) is 4.72 Å². The van der Waals surface area contributed by atoms with Gasteiger partial charge in [-0.3, -0.25) is 4.72 Å². The number of cyclic esters (lactones) is 1. The predicted octanol–water partition coefficient (Wildman–Crippen LogP) is 4.34. The van der Waals surface area contributed by atoms with E-state index in [2.05, 4.69) is 0 Å². The maximum absolute atomic E-state index is 14.5.